The number of urea groups is 1. The molecule has 98 valence electrons. The Morgan fingerprint density at radius 1 is 1.32 bits per heavy atom. The number of benzene rings is 1. The van der Waals surface area contributed by atoms with Crippen LogP contribution in [0.2, 0.25) is 5.02 Å². The smallest absolute Gasteiger partial charge is 0.337 e. The molecular formula is C11H9ClN4O3. The molecule has 1 aromatic heterocycles. The van der Waals surface area contributed by atoms with Gasteiger partial charge in [-0.05, 0) is 18.2 Å². The molecule has 2 aromatic rings. The van der Waals surface area contributed by atoms with Gasteiger partial charge in [0.05, 0.1) is 23.1 Å². The van der Waals surface area contributed by atoms with Crippen molar-refractivity contribution in [3.05, 3.63) is 41.2 Å². The lowest BCUT2D eigenvalue weighted by Crippen LogP contribution is -2.20. The summed E-state index contributed by atoms with van der Waals surface area (Å²) in [7, 11) is 0. The van der Waals surface area contributed by atoms with Crippen LogP contribution in [-0.2, 0) is 0 Å². The lowest BCUT2D eigenvalue weighted by atomic mass is 10.2. The summed E-state index contributed by atoms with van der Waals surface area (Å²) in [6, 6.07) is 3.59. The van der Waals surface area contributed by atoms with Crippen molar-refractivity contribution in [2.24, 2.45) is 0 Å². The van der Waals surface area contributed by atoms with Gasteiger partial charge in [0, 0.05) is 11.2 Å². The molecule has 0 unspecified atom stereocenters. The van der Waals surface area contributed by atoms with E-state index < -0.39 is 12.0 Å². The zero-order chi connectivity index (χ0) is 13.8. The van der Waals surface area contributed by atoms with E-state index in [1.54, 1.807) is 0 Å². The molecule has 19 heavy (non-hydrogen) atoms. The molecule has 2 rings (SSSR count). The Labute approximate surface area is 112 Å². The highest BCUT2D eigenvalue weighted by atomic mass is 35.5. The number of aromatic amines is 1. The number of carbonyl (C=O) groups excluding carboxylic acids is 1. The first-order chi connectivity index (χ1) is 9.06. The minimum Gasteiger partial charge on any atom is -0.478 e. The van der Waals surface area contributed by atoms with Crippen molar-refractivity contribution in [3.8, 4) is 0 Å². The van der Waals surface area contributed by atoms with E-state index in [1.165, 1.54) is 30.6 Å². The van der Waals surface area contributed by atoms with Crippen LogP contribution in [0.25, 0.3) is 0 Å². The quantitative estimate of drug-likeness (QED) is 0.692. The molecule has 0 saturated heterocycles. The molecule has 0 aliphatic rings. The molecule has 0 bridgehead atoms. The summed E-state index contributed by atoms with van der Waals surface area (Å²) < 4.78 is 0. The Hall–Kier alpha value is -2.54. The fourth-order valence-corrected chi connectivity index (χ4v) is 1.58. The van der Waals surface area contributed by atoms with Crippen LogP contribution < -0.4 is 10.6 Å². The SMILES string of the molecule is O=C(Nc1cn[nH]c1)Nc1ccc(Cl)cc1C(=O)O. The number of anilines is 2. The van der Waals surface area contributed by atoms with Gasteiger partial charge in [0.15, 0.2) is 0 Å². The molecule has 2 amide bonds. The highest BCUT2D eigenvalue weighted by Crippen LogP contribution is 2.21. The summed E-state index contributed by atoms with van der Waals surface area (Å²) in [6.07, 6.45) is 2.90. The number of halogens is 1. The van der Waals surface area contributed by atoms with Crippen LogP contribution in [0.15, 0.2) is 30.6 Å². The molecule has 0 aliphatic carbocycles. The lowest BCUT2D eigenvalue weighted by molar-refractivity contribution is 0.0698. The van der Waals surface area contributed by atoms with Crippen molar-refractivity contribution in [2.75, 3.05) is 10.6 Å². The molecule has 1 aromatic carbocycles. The van der Waals surface area contributed by atoms with Crippen LogP contribution >= 0.6 is 11.6 Å². The minimum atomic E-state index is -1.18. The van der Waals surface area contributed by atoms with Crippen LogP contribution in [0, 0.1) is 0 Å². The van der Waals surface area contributed by atoms with E-state index in [1.807, 2.05) is 0 Å². The molecule has 0 saturated carbocycles. The molecule has 0 radical (unpaired) electrons. The van der Waals surface area contributed by atoms with Gasteiger partial charge in [-0.3, -0.25) is 5.10 Å². The first-order valence-electron chi connectivity index (χ1n) is 5.16. The zero-order valence-electron chi connectivity index (χ0n) is 9.48. The van der Waals surface area contributed by atoms with Crippen LogP contribution in [0.5, 0.6) is 0 Å². The first-order valence-corrected chi connectivity index (χ1v) is 5.53. The maximum Gasteiger partial charge on any atom is 0.337 e. The molecule has 0 atom stereocenters. The molecule has 1 heterocycles. The van der Waals surface area contributed by atoms with Crippen molar-refractivity contribution < 1.29 is 14.7 Å². The monoisotopic (exact) mass is 280 g/mol. The summed E-state index contributed by atoms with van der Waals surface area (Å²) in [4.78, 5) is 22.7. The van der Waals surface area contributed by atoms with Gasteiger partial charge in [-0.25, -0.2) is 9.59 Å². The highest BCUT2D eigenvalue weighted by molar-refractivity contribution is 6.31. The number of nitrogens with one attached hydrogen (secondary N) is 3. The van der Waals surface area contributed by atoms with Gasteiger partial charge in [-0.1, -0.05) is 11.6 Å². The Morgan fingerprint density at radius 2 is 2.11 bits per heavy atom. The Kier molecular flexibility index (Phi) is 3.67. The fraction of sp³-hybridized carbons (Fsp3) is 0. The summed E-state index contributed by atoms with van der Waals surface area (Å²) in [5.41, 5.74) is 0.524. The second-order valence-electron chi connectivity index (χ2n) is 3.56. The fourth-order valence-electron chi connectivity index (χ4n) is 1.41. The standard InChI is InChI=1S/C11H9ClN4O3/c12-6-1-2-9(8(3-6)10(17)18)16-11(19)15-7-4-13-14-5-7/h1-5H,(H,13,14)(H,17,18)(H2,15,16,19). The number of carbonyl (C=O) groups is 2. The van der Waals surface area contributed by atoms with Gasteiger partial charge in [0.2, 0.25) is 0 Å². The third kappa shape index (κ3) is 3.23. The zero-order valence-corrected chi connectivity index (χ0v) is 10.2. The summed E-state index contributed by atoms with van der Waals surface area (Å²) in [6.45, 7) is 0. The van der Waals surface area contributed by atoms with Gasteiger partial charge in [0.1, 0.15) is 0 Å². The Balaban J connectivity index is 2.14. The number of carboxylic acids is 1. The van der Waals surface area contributed by atoms with Crippen LogP contribution in [0.1, 0.15) is 10.4 Å². The molecular weight excluding hydrogens is 272 g/mol. The molecule has 4 N–H and O–H groups in total. The maximum atomic E-state index is 11.6. The van der Waals surface area contributed by atoms with E-state index in [0.29, 0.717) is 5.69 Å². The van der Waals surface area contributed by atoms with Crippen LogP contribution in [0.3, 0.4) is 0 Å². The van der Waals surface area contributed by atoms with E-state index in [-0.39, 0.29) is 16.3 Å². The number of H-pyrrole nitrogens is 1. The highest BCUT2D eigenvalue weighted by Gasteiger charge is 2.13. The predicted octanol–water partition coefficient (Wildman–Crippen LogP) is 2.41. The molecule has 0 aliphatic heterocycles. The second kappa shape index (κ2) is 5.40. The third-order valence-corrected chi connectivity index (χ3v) is 2.45. The number of carboxylic acid groups (broad SMARTS) is 1. The van der Waals surface area contributed by atoms with Gasteiger partial charge < -0.3 is 15.7 Å². The lowest BCUT2D eigenvalue weighted by Gasteiger charge is -2.09. The Bertz CT molecular complexity index is 612. The largest absolute Gasteiger partial charge is 0.478 e. The van der Waals surface area contributed by atoms with Gasteiger partial charge >= 0.3 is 12.0 Å². The van der Waals surface area contributed by atoms with E-state index in [0.717, 1.165) is 0 Å². The number of hydrogen-bond acceptors (Lipinski definition) is 3. The summed E-state index contributed by atoms with van der Waals surface area (Å²) >= 11 is 5.71. The third-order valence-electron chi connectivity index (χ3n) is 2.22. The van der Waals surface area contributed by atoms with Crippen molar-refractivity contribution in [1.29, 1.82) is 0 Å². The van der Waals surface area contributed by atoms with Crippen LogP contribution in [0.4, 0.5) is 16.2 Å². The van der Waals surface area contributed by atoms with Crippen molar-refractivity contribution in [1.82, 2.24) is 10.2 Å². The van der Waals surface area contributed by atoms with Crippen molar-refractivity contribution in [3.63, 3.8) is 0 Å². The van der Waals surface area contributed by atoms with Crippen molar-refractivity contribution in [2.45, 2.75) is 0 Å². The van der Waals surface area contributed by atoms with Gasteiger partial charge in [-0.15, -0.1) is 0 Å². The van der Waals surface area contributed by atoms with E-state index in [4.69, 9.17) is 16.7 Å². The van der Waals surface area contributed by atoms with E-state index in [2.05, 4.69) is 20.8 Å². The van der Waals surface area contributed by atoms with Crippen molar-refractivity contribution >= 4 is 35.0 Å². The minimum absolute atomic E-state index is 0.0881. The normalized spacial score (nSPS) is 9.95. The number of aromatic carboxylic acids is 1. The van der Waals surface area contributed by atoms with Gasteiger partial charge in [0.25, 0.3) is 0 Å². The number of rotatable bonds is 3. The van der Waals surface area contributed by atoms with E-state index >= 15 is 0 Å². The Morgan fingerprint density at radius 3 is 2.74 bits per heavy atom. The average Bonchev–Trinajstić information content (AvgIpc) is 2.83. The van der Waals surface area contributed by atoms with Crippen LogP contribution in [-0.4, -0.2) is 27.3 Å². The predicted molar refractivity (Wildman–Crippen MR) is 69.6 cm³/mol. The van der Waals surface area contributed by atoms with E-state index in [9.17, 15) is 9.59 Å². The number of aromatic nitrogens is 2. The first kappa shape index (κ1) is 12.9. The number of amides is 2. The summed E-state index contributed by atoms with van der Waals surface area (Å²) in [5.74, 6) is -1.18. The molecule has 0 fully saturated rings. The number of nitrogens with zero attached hydrogens (tertiary/aromatic N) is 1. The topological polar surface area (TPSA) is 107 Å². The maximum absolute atomic E-state index is 11.6. The van der Waals surface area contributed by atoms with Gasteiger partial charge in [-0.2, -0.15) is 5.10 Å². The second-order valence-corrected chi connectivity index (χ2v) is 4.00. The molecule has 0 spiro atoms. The number of hydrogen-bond donors (Lipinski definition) is 4. The summed E-state index contributed by atoms with van der Waals surface area (Å²) in [5, 5.41) is 20.4. The molecule has 7 nitrogen and oxygen atoms in total. The molecule has 8 heteroatoms. The average molecular weight is 281 g/mol.